The summed E-state index contributed by atoms with van der Waals surface area (Å²) < 4.78 is 43.2. The molecule has 7 heteroatoms. The predicted octanol–water partition coefficient (Wildman–Crippen LogP) is 5.81. The van der Waals surface area contributed by atoms with Crippen molar-refractivity contribution in [3.05, 3.63) is 41.9 Å². The molecule has 0 unspecified atom stereocenters. The van der Waals surface area contributed by atoms with Crippen molar-refractivity contribution in [2.45, 2.75) is 46.2 Å². The maximum absolute atomic E-state index is 12.6. The molecule has 0 aliphatic rings. The summed E-state index contributed by atoms with van der Waals surface area (Å²) in [7, 11) is 0. The third-order valence-corrected chi connectivity index (χ3v) is 3.53. The van der Waals surface area contributed by atoms with Gasteiger partial charge in [-0.2, -0.15) is 13.2 Å². The van der Waals surface area contributed by atoms with Crippen LogP contribution >= 0.6 is 0 Å². The number of unbranched alkanes of at least 4 members (excludes halogenated alkanes) is 2. The monoisotopic (exact) mass is 351 g/mol. The highest BCUT2D eigenvalue weighted by atomic mass is 19.4. The molecule has 0 saturated carbocycles. The molecule has 0 aliphatic heterocycles. The number of aryl methyl sites for hydroxylation is 1. The minimum absolute atomic E-state index is 0.0733. The van der Waals surface area contributed by atoms with Crippen molar-refractivity contribution < 1.29 is 17.6 Å². The van der Waals surface area contributed by atoms with Gasteiger partial charge in [0, 0.05) is 24.2 Å². The van der Waals surface area contributed by atoms with Gasteiger partial charge in [0.15, 0.2) is 0 Å². The van der Waals surface area contributed by atoms with E-state index in [9.17, 15) is 13.2 Å². The van der Waals surface area contributed by atoms with Gasteiger partial charge in [-0.25, -0.2) is 9.97 Å². The summed E-state index contributed by atoms with van der Waals surface area (Å²) in [6.07, 6.45) is 3.54. The van der Waals surface area contributed by atoms with Crippen LogP contribution in [0.2, 0.25) is 0 Å². The van der Waals surface area contributed by atoms with Crippen LogP contribution in [-0.2, 0) is 6.18 Å². The zero-order chi connectivity index (χ0) is 18.4. The molecule has 0 radical (unpaired) electrons. The molecule has 0 amide bonds. The van der Waals surface area contributed by atoms with Crippen molar-refractivity contribution in [2.24, 2.45) is 0 Å². The van der Waals surface area contributed by atoms with Gasteiger partial charge in [0.2, 0.25) is 11.6 Å². The SMILES string of the molecule is CCCCC.Cc1cnccc1-c1nc2cc(C(F)(F)F)cnc2o1. The lowest BCUT2D eigenvalue weighted by Crippen LogP contribution is -2.04. The molecule has 3 aromatic rings. The number of pyridine rings is 2. The lowest BCUT2D eigenvalue weighted by molar-refractivity contribution is -0.137. The van der Waals surface area contributed by atoms with E-state index in [0.717, 1.165) is 17.8 Å². The Labute approximate surface area is 144 Å². The fourth-order valence-electron chi connectivity index (χ4n) is 2.16. The van der Waals surface area contributed by atoms with Crippen LogP contribution < -0.4 is 0 Å². The summed E-state index contributed by atoms with van der Waals surface area (Å²) in [5.41, 5.74) is 0.785. The second kappa shape index (κ2) is 8.09. The number of halogens is 3. The average Bonchev–Trinajstić information content (AvgIpc) is 2.98. The van der Waals surface area contributed by atoms with Crippen LogP contribution in [0.3, 0.4) is 0 Å². The highest BCUT2D eigenvalue weighted by Crippen LogP contribution is 2.32. The van der Waals surface area contributed by atoms with Crippen molar-refractivity contribution in [1.82, 2.24) is 15.0 Å². The molecule has 4 nitrogen and oxygen atoms in total. The molecule has 25 heavy (non-hydrogen) atoms. The Morgan fingerprint density at radius 1 is 1.12 bits per heavy atom. The summed E-state index contributed by atoms with van der Waals surface area (Å²) in [6, 6.07) is 2.61. The number of nitrogens with zero attached hydrogens (tertiary/aromatic N) is 3. The molecular weight excluding hydrogens is 331 g/mol. The van der Waals surface area contributed by atoms with E-state index < -0.39 is 11.7 Å². The van der Waals surface area contributed by atoms with Gasteiger partial charge in [-0.3, -0.25) is 4.98 Å². The van der Waals surface area contributed by atoms with Crippen LogP contribution in [0, 0.1) is 6.92 Å². The molecule has 0 fully saturated rings. The maximum Gasteiger partial charge on any atom is 0.417 e. The van der Waals surface area contributed by atoms with Gasteiger partial charge in [0.1, 0.15) is 5.52 Å². The normalized spacial score (nSPS) is 11.3. The number of rotatable bonds is 3. The van der Waals surface area contributed by atoms with E-state index in [-0.39, 0.29) is 17.1 Å². The standard InChI is InChI=1S/C13H8F3N3O.C5H12/c1-7-5-17-3-2-9(7)11-19-10-4-8(13(14,15)16)6-18-12(10)20-11;1-3-5-4-2/h2-6H,1H3;3-5H2,1-2H3. The smallest absolute Gasteiger partial charge is 0.417 e. The number of hydrogen-bond acceptors (Lipinski definition) is 4. The lowest BCUT2D eigenvalue weighted by Gasteiger charge is -2.03. The van der Waals surface area contributed by atoms with E-state index in [4.69, 9.17) is 4.42 Å². The van der Waals surface area contributed by atoms with Crippen molar-refractivity contribution in [1.29, 1.82) is 0 Å². The fraction of sp³-hybridized carbons (Fsp3) is 0.389. The first kappa shape index (κ1) is 18.9. The number of alkyl halides is 3. The molecule has 0 N–H and O–H groups in total. The van der Waals surface area contributed by atoms with Gasteiger partial charge in [-0.1, -0.05) is 33.1 Å². The van der Waals surface area contributed by atoms with Crippen molar-refractivity contribution >= 4 is 11.2 Å². The highest BCUT2D eigenvalue weighted by Gasteiger charge is 2.31. The number of aromatic nitrogens is 3. The predicted molar refractivity (Wildman–Crippen MR) is 90.0 cm³/mol. The summed E-state index contributed by atoms with van der Waals surface area (Å²) in [4.78, 5) is 11.7. The van der Waals surface area contributed by atoms with Crippen LogP contribution in [0.25, 0.3) is 22.7 Å². The Morgan fingerprint density at radius 2 is 1.84 bits per heavy atom. The summed E-state index contributed by atoms with van der Waals surface area (Å²) >= 11 is 0. The van der Waals surface area contributed by atoms with Crippen molar-refractivity contribution in [3.63, 3.8) is 0 Å². The molecule has 0 saturated heterocycles. The molecule has 3 heterocycles. The molecule has 134 valence electrons. The molecule has 0 aliphatic carbocycles. The topological polar surface area (TPSA) is 51.8 Å². The second-order valence-electron chi connectivity index (χ2n) is 5.61. The van der Waals surface area contributed by atoms with Crippen LogP contribution in [0.4, 0.5) is 13.2 Å². The third kappa shape index (κ3) is 4.78. The Hall–Kier alpha value is -2.44. The number of fused-ring (bicyclic) bond motifs is 1. The van der Waals surface area contributed by atoms with Gasteiger partial charge in [0.25, 0.3) is 0 Å². The van der Waals surface area contributed by atoms with E-state index in [2.05, 4.69) is 28.8 Å². The maximum atomic E-state index is 12.6. The average molecular weight is 351 g/mol. The lowest BCUT2D eigenvalue weighted by atomic mass is 10.1. The summed E-state index contributed by atoms with van der Waals surface area (Å²) in [5, 5.41) is 0. The quantitative estimate of drug-likeness (QED) is 0.597. The Morgan fingerprint density at radius 3 is 2.40 bits per heavy atom. The first-order chi connectivity index (χ1) is 11.9. The Balaban J connectivity index is 0.000000399. The van der Waals surface area contributed by atoms with Crippen molar-refractivity contribution in [3.8, 4) is 11.5 Å². The van der Waals surface area contributed by atoms with Crippen LogP contribution in [-0.4, -0.2) is 15.0 Å². The van der Waals surface area contributed by atoms with Gasteiger partial charge in [-0.05, 0) is 24.6 Å². The minimum atomic E-state index is -4.45. The molecule has 3 aromatic heterocycles. The summed E-state index contributed by atoms with van der Waals surface area (Å²) in [6.45, 7) is 6.23. The van der Waals surface area contributed by atoms with Gasteiger partial charge in [-0.15, -0.1) is 0 Å². The Bertz CT molecular complexity index is 826. The molecule has 0 spiro atoms. The van der Waals surface area contributed by atoms with E-state index in [1.807, 2.05) is 6.92 Å². The van der Waals surface area contributed by atoms with E-state index in [1.54, 1.807) is 18.5 Å². The molecule has 0 aromatic carbocycles. The van der Waals surface area contributed by atoms with E-state index in [0.29, 0.717) is 5.56 Å². The Kier molecular flexibility index (Phi) is 6.12. The van der Waals surface area contributed by atoms with Gasteiger partial charge in [0.05, 0.1) is 5.56 Å². The first-order valence-electron chi connectivity index (χ1n) is 8.11. The molecule has 0 bridgehead atoms. The van der Waals surface area contributed by atoms with E-state index >= 15 is 0 Å². The molecular formula is C18H20F3N3O. The first-order valence-corrected chi connectivity index (χ1v) is 8.11. The number of oxazole rings is 1. The molecule has 3 rings (SSSR count). The van der Waals surface area contributed by atoms with Gasteiger partial charge >= 0.3 is 6.18 Å². The third-order valence-electron chi connectivity index (χ3n) is 3.53. The zero-order valence-corrected chi connectivity index (χ0v) is 14.4. The highest BCUT2D eigenvalue weighted by molar-refractivity contribution is 5.73. The van der Waals surface area contributed by atoms with Crippen LogP contribution in [0.5, 0.6) is 0 Å². The molecule has 0 atom stereocenters. The van der Waals surface area contributed by atoms with Gasteiger partial charge < -0.3 is 4.42 Å². The number of hydrogen-bond donors (Lipinski definition) is 0. The van der Waals surface area contributed by atoms with Crippen molar-refractivity contribution in [2.75, 3.05) is 0 Å². The summed E-state index contributed by atoms with van der Waals surface area (Å²) in [5.74, 6) is 0.228. The van der Waals surface area contributed by atoms with Crippen LogP contribution in [0.1, 0.15) is 44.2 Å². The largest absolute Gasteiger partial charge is 0.418 e. The van der Waals surface area contributed by atoms with E-state index in [1.165, 1.54) is 19.3 Å². The minimum Gasteiger partial charge on any atom is -0.418 e. The zero-order valence-electron chi connectivity index (χ0n) is 14.4. The second-order valence-corrected chi connectivity index (χ2v) is 5.61. The van der Waals surface area contributed by atoms with Crippen LogP contribution in [0.15, 0.2) is 35.1 Å². The fourth-order valence-corrected chi connectivity index (χ4v) is 2.16.